The molecule has 0 saturated heterocycles. The molecule has 4 heteroatoms. The first-order valence-electron chi connectivity index (χ1n) is 7.10. The molecule has 0 aliphatic carbocycles. The highest BCUT2D eigenvalue weighted by molar-refractivity contribution is 5.76. The summed E-state index contributed by atoms with van der Waals surface area (Å²) in [5, 5.41) is 2.83. The minimum Gasteiger partial charge on any atom is -0.354 e. The predicted octanol–water partition coefficient (Wildman–Crippen LogP) is 2.26. The quantitative estimate of drug-likeness (QED) is 0.830. The van der Waals surface area contributed by atoms with Crippen LogP contribution in [0, 0.1) is 6.92 Å². The topological polar surface area (TPSA) is 49.4 Å². The van der Waals surface area contributed by atoms with Gasteiger partial charge in [-0.2, -0.15) is 0 Å². The fraction of sp³-hybridized carbons (Fsp3) is 0.500. The Balaban J connectivity index is 2.49. The summed E-state index contributed by atoms with van der Waals surface area (Å²) in [7, 11) is 0. The van der Waals surface area contributed by atoms with Gasteiger partial charge in [0.1, 0.15) is 0 Å². The van der Waals surface area contributed by atoms with Gasteiger partial charge in [0.15, 0.2) is 0 Å². The van der Waals surface area contributed by atoms with Crippen LogP contribution in [0.15, 0.2) is 24.3 Å². The maximum atomic E-state index is 11.6. The summed E-state index contributed by atoms with van der Waals surface area (Å²) in [6, 6.07) is 8.11. The second-order valence-corrected chi connectivity index (χ2v) is 5.03. The molecule has 0 saturated carbocycles. The van der Waals surface area contributed by atoms with E-state index in [9.17, 15) is 9.59 Å². The molecule has 0 radical (unpaired) electrons. The van der Waals surface area contributed by atoms with Crippen molar-refractivity contribution in [2.75, 3.05) is 13.1 Å². The third kappa shape index (κ3) is 5.87. The Morgan fingerprint density at radius 3 is 2.65 bits per heavy atom. The molecule has 1 aromatic carbocycles. The molecule has 110 valence electrons. The summed E-state index contributed by atoms with van der Waals surface area (Å²) in [5.41, 5.74) is 2.29. The van der Waals surface area contributed by atoms with E-state index in [-0.39, 0.29) is 11.8 Å². The van der Waals surface area contributed by atoms with Gasteiger partial charge in [-0.3, -0.25) is 9.59 Å². The first-order chi connectivity index (χ1) is 9.52. The van der Waals surface area contributed by atoms with Crippen LogP contribution in [0.25, 0.3) is 0 Å². The van der Waals surface area contributed by atoms with Crippen LogP contribution in [0.3, 0.4) is 0 Å². The van der Waals surface area contributed by atoms with Gasteiger partial charge in [-0.1, -0.05) is 36.8 Å². The largest absolute Gasteiger partial charge is 0.354 e. The third-order valence-corrected chi connectivity index (χ3v) is 3.08. The number of carbonyl (C=O) groups excluding carboxylic acids is 2. The second-order valence-electron chi connectivity index (χ2n) is 5.03. The van der Waals surface area contributed by atoms with Gasteiger partial charge in [-0.05, 0) is 18.9 Å². The van der Waals surface area contributed by atoms with Gasteiger partial charge in [0.25, 0.3) is 0 Å². The first kappa shape index (κ1) is 16.2. The molecule has 4 nitrogen and oxygen atoms in total. The van der Waals surface area contributed by atoms with Crippen LogP contribution < -0.4 is 5.32 Å². The van der Waals surface area contributed by atoms with E-state index >= 15 is 0 Å². The zero-order chi connectivity index (χ0) is 15.0. The SMILES string of the molecule is CCCC(=O)NCCN(Cc1cccc(C)c1)C(C)=O. The molecule has 0 heterocycles. The summed E-state index contributed by atoms with van der Waals surface area (Å²) in [5.74, 6) is 0.0720. The van der Waals surface area contributed by atoms with Crippen LogP contribution in [0.1, 0.15) is 37.8 Å². The lowest BCUT2D eigenvalue weighted by Crippen LogP contribution is -2.37. The van der Waals surface area contributed by atoms with Crippen molar-refractivity contribution in [1.82, 2.24) is 10.2 Å². The summed E-state index contributed by atoms with van der Waals surface area (Å²) in [6.07, 6.45) is 1.38. The normalized spacial score (nSPS) is 10.2. The van der Waals surface area contributed by atoms with Gasteiger partial charge in [-0.25, -0.2) is 0 Å². The minimum absolute atomic E-state index is 0.0243. The molecule has 0 spiro atoms. The number of benzene rings is 1. The van der Waals surface area contributed by atoms with Gasteiger partial charge in [0.2, 0.25) is 11.8 Å². The fourth-order valence-corrected chi connectivity index (χ4v) is 2.02. The molecule has 1 aromatic rings. The minimum atomic E-state index is 0.0243. The molecule has 2 amide bonds. The average Bonchev–Trinajstić information content (AvgIpc) is 2.37. The molecule has 0 fully saturated rings. The molecule has 1 rings (SSSR count). The Kier molecular flexibility index (Phi) is 6.77. The van der Waals surface area contributed by atoms with E-state index < -0.39 is 0 Å². The molecule has 0 atom stereocenters. The van der Waals surface area contributed by atoms with Crippen LogP contribution in [-0.2, 0) is 16.1 Å². The van der Waals surface area contributed by atoms with Crippen LogP contribution in [0.5, 0.6) is 0 Å². The van der Waals surface area contributed by atoms with Crippen molar-refractivity contribution in [3.8, 4) is 0 Å². The number of hydrogen-bond donors (Lipinski definition) is 1. The molecule has 0 unspecified atom stereocenters. The highest BCUT2D eigenvalue weighted by Crippen LogP contribution is 2.07. The second kappa shape index (κ2) is 8.35. The number of aryl methyl sites for hydroxylation is 1. The van der Waals surface area contributed by atoms with Crippen molar-refractivity contribution in [2.45, 2.75) is 40.2 Å². The maximum Gasteiger partial charge on any atom is 0.220 e. The lowest BCUT2D eigenvalue weighted by Gasteiger charge is -2.21. The lowest BCUT2D eigenvalue weighted by atomic mass is 10.1. The molecule has 0 aliphatic rings. The van der Waals surface area contributed by atoms with Crippen molar-refractivity contribution in [2.24, 2.45) is 0 Å². The van der Waals surface area contributed by atoms with E-state index in [2.05, 4.69) is 11.4 Å². The number of nitrogens with one attached hydrogen (secondary N) is 1. The first-order valence-corrected chi connectivity index (χ1v) is 7.10. The van der Waals surface area contributed by atoms with Gasteiger partial charge >= 0.3 is 0 Å². The fourth-order valence-electron chi connectivity index (χ4n) is 2.02. The zero-order valence-corrected chi connectivity index (χ0v) is 12.6. The molecule has 20 heavy (non-hydrogen) atoms. The Hall–Kier alpha value is -1.84. The molecule has 0 bridgehead atoms. The van der Waals surface area contributed by atoms with Crippen LogP contribution in [0.2, 0.25) is 0 Å². The Morgan fingerprint density at radius 1 is 1.30 bits per heavy atom. The molecular weight excluding hydrogens is 252 g/mol. The number of rotatable bonds is 7. The molecule has 0 aliphatic heterocycles. The van der Waals surface area contributed by atoms with Gasteiger partial charge in [0.05, 0.1) is 0 Å². The summed E-state index contributed by atoms with van der Waals surface area (Å²) >= 11 is 0. The standard InChI is InChI=1S/C16H24N2O2/c1-4-6-16(20)17-9-10-18(14(3)19)12-15-8-5-7-13(2)11-15/h5,7-8,11H,4,6,9-10,12H2,1-3H3,(H,17,20). The summed E-state index contributed by atoms with van der Waals surface area (Å²) in [4.78, 5) is 24.8. The lowest BCUT2D eigenvalue weighted by molar-refractivity contribution is -0.130. The molecule has 1 N–H and O–H groups in total. The van der Waals surface area contributed by atoms with E-state index in [1.54, 1.807) is 11.8 Å². The van der Waals surface area contributed by atoms with Crippen LogP contribution in [0.4, 0.5) is 0 Å². The summed E-state index contributed by atoms with van der Waals surface area (Å²) in [6.45, 7) is 7.19. The van der Waals surface area contributed by atoms with Crippen molar-refractivity contribution < 1.29 is 9.59 Å². The zero-order valence-electron chi connectivity index (χ0n) is 12.6. The average molecular weight is 276 g/mol. The Morgan fingerprint density at radius 2 is 2.05 bits per heavy atom. The molecular formula is C16H24N2O2. The number of carbonyl (C=O) groups is 2. The number of nitrogens with zero attached hydrogens (tertiary/aromatic N) is 1. The highest BCUT2D eigenvalue weighted by atomic mass is 16.2. The monoisotopic (exact) mass is 276 g/mol. The molecule has 0 aromatic heterocycles. The van der Waals surface area contributed by atoms with Gasteiger partial charge in [0, 0.05) is 33.0 Å². The van der Waals surface area contributed by atoms with Crippen molar-refractivity contribution in [3.05, 3.63) is 35.4 Å². The van der Waals surface area contributed by atoms with Crippen molar-refractivity contribution in [3.63, 3.8) is 0 Å². The number of amides is 2. The van der Waals surface area contributed by atoms with E-state index in [0.29, 0.717) is 26.1 Å². The van der Waals surface area contributed by atoms with Crippen LogP contribution in [-0.4, -0.2) is 29.8 Å². The Labute approximate surface area is 121 Å². The highest BCUT2D eigenvalue weighted by Gasteiger charge is 2.09. The third-order valence-electron chi connectivity index (χ3n) is 3.08. The Bertz CT molecular complexity index is 458. The van der Waals surface area contributed by atoms with E-state index in [0.717, 1.165) is 12.0 Å². The van der Waals surface area contributed by atoms with Crippen molar-refractivity contribution >= 4 is 11.8 Å². The van der Waals surface area contributed by atoms with E-state index in [4.69, 9.17) is 0 Å². The van der Waals surface area contributed by atoms with Crippen LogP contribution >= 0.6 is 0 Å². The number of hydrogen-bond acceptors (Lipinski definition) is 2. The smallest absolute Gasteiger partial charge is 0.220 e. The van der Waals surface area contributed by atoms with Crippen molar-refractivity contribution in [1.29, 1.82) is 0 Å². The summed E-state index contributed by atoms with van der Waals surface area (Å²) < 4.78 is 0. The predicted molar refractivity (Wildman–Crippen MR) is 80.2 cm³/mol. The van der Waals surface area contributed by atoms with Gasteiger partial charge < -0.3 is 10.2 Å². The van der Waals surface area contributed by atoms with Gasteiger partial charge in [-0.15, -0.1) is 0 Å². The van der Waals surface area contributed by atoms with E-state index in [1.807, 2.05) is 32.0 Å². The van der Waals surface area contributed by atoms with E-state index in [1.165, 1.54) is 5.56 Å². The maximum absolute atomic E-state index is 11.6.